The molecule has 0 bridgehead atoms. The van der Waals surface area contributed by atoms with Gasteiger partial charge in [-0.2, -0.15) is 9.30 Å². The molecule has 1 unspecified atom stereocenters. The first-order valence-corrected chi connectivity index (χ1v) is 16.3. The Morgan fingerprint density at radius 3 is 2.37 bits per heavy atom. The van der Waals surface area contributed by atoms with Crippen molar-refractivity contribution < 1.29 is 31.2 Å². The molecule has 0 saturated carbocycles. The van der Waals surface area contributed by atoms with Gasteiger partial charge in [0, 0.05) is 24.4 Å². The van der Waals surface area contributed by atoms with Gasteiger partial charge in [0.05, 0.1) is 26.6 Å². The highest BCUT2D eigenvalue weighted by molar-refractivity contribution is 7.90. The maximum atomic E-state index is 13.1. The molecule has 13 heteroatoms. The van der Waals surface area contributed by atoms with E-state index in [2.05, 4.69) is 4.99 Å². The van der Waals surface area contributed by atoms with E-state index < -0.39 is 31.7 Å². The van der Waals surface area contributed by atoms with Crippen molar-refractivity contribution >= 4 is 53.3 Å². The van der Waals surface area contributed by atoms with E-state index in [1.165, 1.54) is 45.3 Å². The Bertz CT molecular complexity index is 1650. The fraction of sp³-hybridized carbons (Fsp3) is 0.400. The largest absolute Gasteiger partial charge is 0.465 e. The van der Waals surface area contributed by atoms with Gasteiger partial charge in [-0.25, -0.2) is 16.8 Å². The van der Waals surface area contributed by atoms with Crippen LogP contribution in [0.1, 0.15) is 43.5 Å². The van der Waals surface area contributed by atoms with Crippen LogP contribution in [0.5, 0.6) is 0 Å². The van der Waals surface area contributed by atoms with Crippen molar-refractivity contribution in [2.45, 2.75) is 55.5 Å². The minimum Gasteiger partial charge on any atom is -0.465 e. The van der Waals surface area contributed by atoms with Crippen molar-refractivity contribution in [2.75, 3.05) is 19.4 Å². The lowest BCUT2D eigenvalue weighted by Gasteiger charge is -2.32. The molecule has 1 aliphatic heterocycles. The first-order valence-electron chi connectivity index (χ1n) is 12.1. The van der Waals surface area contributed by atoms with E-state index in [1.54, 1.807) is 13.0 Å². The fourth-order valence-electron chi connectivity index (χ4n) is 4.34. The minimum atomic E-state index is -3.68. The zero-order chi connectivity index (χ0) is 27.7. The zero-order valence-corrected chi connectivity index (χ0v) is 23.7. The number of thiazole rings is 1. The number of sulfone groups is 1. The number of amides is 1. The van der Waals surface area contributed by atoms with Crippen LogP contribution < -0.4 is 4.80 Å². The zero-order valence-electron chi connectivity index (χ0n) is 21.3. The number of ether oxygens (including phenoxy) is 1. The van der Waals surface area contributed by atoms with E-state index in [0.29, 0.717) is 16.8 Å². The van der Waals surface area contributed by atoms with Gasteiger partial charge in [0.15, 0.2) is 14.6 Å². The van der Waals surface area contributed by atoms with Gasteiger partial charge in [-0.1, -0.05) is 17.8 Å². The maximum Gasteiger partial charge on any atom is 0.326 e. The molecule has 1 fully saturated rings. The smallest absolute Gasteiger partial charge is 0.326 e. The number of carbonyl (C=O) groups excluding carboxylic acids is 2. The predicted octanol–water partition coefficient (Wildman–Crippen LogP) is 2.97. The Morgan fingerprint density at radius 1 is 1.05 bits per heavy atom. The Labute approximate surface area is 225 Å². The SMILES string of the molecule is CCOC(=O)Cn1c(=NC(=O)c2ccc(S(=O)(=O)N3CCCCC3C)cc2)sc2cc(S(C)(=O)=O)ccc21. The van der Waals surface area contributed by atoms with Gasteiger partial charge in [0.2, 0.25) is 10.0 Å². The van der Waals surface area contributed by atoms with E-state index in [9.17, 15) is 26.4 Å². The Balaban J connectivity index is 1.71. The number of aromatic nitrogens is 1. The quantitative estimate of drug-likeness (QED) is 0.393. The average Bonchev–Trinajstić information content (AvgIpc) is 3.19. The topological polar surface area (TPSA) is 132 Å². The van der Waals surface area contributed by atoms with Gasteiger partial charge in [-0.3, -0.25) is 9.59 Å². The molecule has 1 saturated heterocycles. The number of sulfonamides is 1. The van der Waals surface area contributed by atoms with Gasteiger partial charge in [0.1, 0.15) is 6.54 Å². The molecule has 0 radical (unpaired) electrons. The van der Waals surface area contributed by atoms with Crippen LogP contribution in [0.4, 0.5) is 0 Å². The van der Waals surface area contributed by atoms with Crippen LogP contribution in [0.3, 0.4) is 0 Å². The summed E-state index contributed by atoms with van der Waals surface area (Å²) in [5, 5.41) is 0. The molecule has 0 aliphatic carbocycles. The van der Waals surface area contributed by atoms with E-state index in [1.807, 2.05) is 6.92 Å². The molecule has 0 N–H and O–H groups in total. The number of benzene rings is 2. The van der Waals surface area contributed by atoms with Crippen LogP contribution in [0.15, 0.2) is 57.2 Å². The summed E-state index contributed by atoms with van der Waals surface area (Å²) in [5.74, 6) is -1.16. The van der Waals surface area contributed by atoms with Crippen LogP contribution in [0.25, 0.3) is 10.2 Å². The standard InChI is InChI=1S/C25H29N3O7S3/c1-4-35-23(29)16-27-21-13-12-20(37(3,31)32)15-22(21)36-25(27)26-24(30)18-8-10-19(11-9-18)38(33,34)28-14-6-5-7-17(28)2/h8-13,15,17H,4-7,14,16H2,1-3H3. The molecule has 4 rings (SSSR count). The minimum absolute atomic E-state index is 0.0870. The number of fused-ring (bicyclic) bond motifs is 1. The van der Waals surface area contributed by atoms with Crippen molar-refractivity contribution in [3.05, 3.63) is 52.8 Å². The number of nitrogens with zero attached hydrogens (tertiary/aromatic N) is 3. The summed E-state index contributed by atoms with van der Waals surface area (Å²) >= 11 is 1.06. The lowest BCUT2D eigenvalue weighted by atomic mass is 10.1. The van der Waals surface area contributed by atoms with Crippen LogP contribution in [-0.4, -0.2) is 63.0 Å². The van der Waals surface area contributed by atoms with Gasteiger partial charge in [0.25, 0.3) is 5.91 Å². The molecule has 1 amide bonds. The molecule has 3 aromatic rings. The fourth-order valence-corrected chi connectivity index (χ4v) is 7.83. The summed E-state index contributed by atoms with van der Waals surface area (Å²) in [5.41, 5.74) is 0.701. The van der Waals surface area contributed by atoms with Crippen LogP contribution in [0, 0.1) is 0 Å². The second-order valence-corrected chi connectivity index (χ2v) is 14.0. The average molecular weight is 580 g/mol. The summed E-state index contributed by atoms with van der Waals surface area (Å²) in [6.07, 6.45) is 3.71. The molecule has 10 nitrogen and oxygen atoms in total. The van der Waals surface area contributed by atoms with E-state index in [0.717, 1.165) is 36.9 Å². The van der Waals surface area contributed by atoms with E-state index in [4.69, 9.17) is 4.74 Å². The van der Waals surface area contributed by atoms with Crippen molar-refractivity contribution in [3.63, 3.8) is 0 Å². The molecule has 0 spiro atoms. The molecule has 2 heterocycles. The molecule has 2 aromatic carbocycles. The predicted molar refractivity (Wildman–Crippen MR) is 143 cm³/mol. The Morgan fingerprint density at radius 2 is 1.74 bits per heavy atom. The van der Waals surface area contributed by atoms with E-state index >= 15 is 0 Å². The van der Waals surface area contributed by atoms with Gasteiger partial charge in [-0.05, 0) is 69.2 Å². The van der Waals surface area contributed by atoms with Gasteiger partial charge >= 0.3 is 5.97 Å². The molecular formula is C25H29N3O7S3. The Kier molecular flexibility index (Phi) is 8.21. The highest BCUT2D eigenvalue weighted by Gasteiger charge is 2.31. The van der Waals surface area contributed by atoms with Gasteiger partial charge < -0.3 is 9.30 Å². The van der Waals surface area contributed by atoms with Crippen LogP contribution in [0.2, 0.25) is 0 Å². The summed E-state index contributed by atoms with van der Waals surface area (Å²) in [7, 11) is -7.15. The van der Waals surface area contributed by atoms with E-state index in [-0.39, 0.29) is 39.3 Å². The van der Waals surface area contributed by atoms with Crippen molar-refractivity contribution in [1.82, 2.24) is 8.87 Å². The highest BCUT2D eigenvalue weighted by Crippen LogP contribution is 2.26. The second-order valence-electron chi connectivity index (χ2n) is 9.08. The molecule has 38 heavy (non-hydrogen) atoms. The maximum absolute atomic E-state index is 13.1. The molecule has 1 aromatic heterocycles. The molecule has 1 aliphatic rings. The monoisotopic (exact) mass is 579 g/mol. The number of rotatable bonds is 7. The number of esters is 1. The molecule has 1 atom stereocenters. The summed E-state index contributed by atoms with van der Waals surface area (Å²) in [6, 6.07) is 10.0. The first kappa shape index (κ1) is 28.1. The Hall–Kier alpha value is -2.87. The summed E-state index contributed by atoms with van der Waals surface area (Å²) in [4.78, 5) is 29.9. The number of hydrogen-bond donors (Lipinski definition) is 0. The third kappa shape index (κ3) is 5.90. The third-order valence-corrected chi connectivity index (χ3v) is 10.5. The summed E-state index contributed by atoms with van der Waals surface area (Å²) < 4.78 is 58.8. The lowest BCUT2D eigenvalue weighted by molar-refractivity contribution is -0.143. The first-order chi connectivity index (χ1) is 17.9. The third-order valence-electron chi connectivity index (χ3n) is 6.32. The second kappa shape index (κ2) is 11.1. The highest BCUT2D eigenvalue weighted by atomic mass is 32.2. The lowest BCUT2D eigenvalue weighted by Crippen LogP contribution is -2.41. The number of piperidine rings is 1. The van der Waals surface area contributed by atoms with Crippen molar-refractivity contribution in [2.24, 2.45) is 4.99 Å². The number of carbonyl (C=O) groups is 2. The van der Waals surface area contributed by atoms with Crippen molar-refractivity contribution in [1.29, 1.82) is 0 Å². The van der Waals surface area contributed by atoms with Gasteiger partial charge in [-0.15, -0.1) is 0 Å². The van der Waals surface area contributed by atoms with Crippen molar-refractivity contribution in [3.8, 4) is 0 Å². The molecular weight excluding hydrogens is 550 g/mol. The molecule has 204 valence electrons. The van der Waals surface area contributed by atoms with Crippen LogP contribution in [-0.2, 0) is 35.9 Å². The normalized spacial score (nSPS) is 17.6. The van der Waals surface area contributed by atoms with Crippen LogP contribution >= 0.6 is 11.3 Å². The summed E-state index contributed by atoms with van der Waals surface area (Å²) in [6.45, 7) is 3.99. The number of hydrogen-bond acceptors (Lipinski definition) is 8.